The Morgan fingerprint density at radius 1 is 1.21 bits per heavy atom. The Morgan fingerprint density at radius 2 is 1.92 bits per heavy atom. The molecular formula is C18H21FN2O3. The zero-order valence-electron chi connectivity index (χ0n) is 14.0. The summed E-state index contributed by atoms with van der Waals surface area (Å²) in [6.45, 7) is 4.27. The number of halogens is 1. The summed E-state index contributed by atoms with van der Waals surface area (Å²) < 4.78 is 23.4. The molecule has 0 radical (unpaired) electrons. The number of esters is 1. The predicted molar refractivity (Wildman–Crippen MR) is 88.0 cm³/mol. The summed E-state index contributed by atoms with van der Waals surface area (Å²) in [4.78, 5) is 16.2. The summed E-state index contributed by atoms with van der Waals surface area (Å²) in [5.74, 6) is -0.238. The first kappa shape index (κ1) is 17.9. The van der Waals surface area contributed by atoms with Crippen LogP contribution in [0.5, 0.6) is 5.88 Å². The SMILES string of the molecule is COC(=O)[C@H](NCc1ccc(OC(C)C)nc1)c1ccc(F)cc1. The Morgan fingerprint density at radius 3 is 2.46 bits per heavy atom. The maximum atomic E-state index is 13.1. The Kier molecular flexibility index (Phi) is 6.26. The molecule has 0 saturated heterocycles. The van der Waals surface area contributed by atoms with Gasteiger partial charge in [0.15, 0.2) is 0 Å². The van der Waals surface area contributed by atoms with Gasteiger partial charge in [-0.2, -0.15) is 0 Å². The summed E-state index contributed by atoms with van der Waals surface area (Å²) >= 11 is 0. The Labute approximate surface area is 140 Å². The number of rotatable bonds is 7. The van der Waals surface area contributed by atoms with E-state index in [4.69, 9.17) is 9.47 Å². The van der Waals surface area contributed by atoms with Crippen LogP contribution in [0.25, 0.3) is 0 Å². The quantitative estimate of drug-likeness (QED) is 0.790. The van der Waals surface area contributed by atoms with Crippen molar-refractivity contribution in [2.24, 2.45) is 0 Å². The third-order valence-corrected chi connectivity index (χ3v) is 3.30. The average molecular weight is 332 g/mol. The van der Waals surface area contributed by atoms with Crippen LogP contribution in [0, 0.1) is 5.82 Å². The van der Waals surface area contributed by atoms with E-state index < -0.39 is 12.0 Å². The van der Waals surface area contributed by atoms with Gasteiger partial charge < -0.3 is 9.47 Å². The lowest BCUT2D eigenvalue weighted by Crippen LogP contribution is -2.29. The molecule has 1 aromatic heterocycles. The molecule has 1 heterocycles. The molecule has 0 aliphatic carbocycles. The fourth-order valence-electron chi connectivity index (χ4n) is 2.16. The van der Waals surface area contributed by atoms with E-state index in [0.717, 1.165) is 5.56 Å². The molecule has 128 valence electrons. The van der Waals surface area contributed by atoms with Gasteiger partial charge in [0.1, 0.15) is 11.9 Å². The maximum Gasteiger partial charge on any atom is 0.327 e. The van der Waals surface area contributed by atoms with Crippen molar-refractivity contribution < 1.29 is 18.7 Å². The van der Waals surface area contributed by atoms with Crippen LogP contribution in [0.15, 0.2) is 42.6 Å². The second-order valence-corrected chi connectivity index (χ2v) is 5.56. The van der Waals surface area contributed by atoms with Crippen molar-refractivity contribution in [2.75, 3.05) is 7.11 Å². The van der Waals surface area contributed by atoms with Gasteiger partial charge in [-0.05, 0) is 37.1 Å². The van der Waals surface area contributed by atoms with E-state index in [-0.39, 0.29) is 11.9 Å². The lowest BCUT2D eigenvalue weighted by atomic mass is 10.1. The number of hydrogen-bond acceptors (Lipinski definition) is 5. The van der Waals surface area contributed by atoms with Gasteiger partial charge in [-0.25, -0.2) is 14.2 Å². The Balaban J connectivity index is 2.05. The van der Waals surface area contributed by atoms with E-state index in [1.165, 1.54) is 19.2 Å². The zero-order chi connectivity index (χ0) is 17.5. The number of nitrogens with zero attached hydrogens (tertiary/aromatic N) is 1. The number of benzene rings is 1. The molecule has 1 N–H and O–H groups in total. The Bertz CT molecular complexity index is 657. The molecule has 6 heteroatoms. The molecule has 2 aromatic rings. The molecule has 0 fully saturated rings. The molecule has 24 heavy (non-hydrogen) atoms. The summed E-state index contributed by atoms with van der Waals surface area (Å²) in [5, 5.41) is 3.10. The highest BCUT2D eigenvalue weighted by Crippen LogP contribution is 2.17. The third kappa shape index (κ3) is 5.03. The second kappa shape index (κ2) is 8.40. The number of nitrogens with one attached hydrogen (secondary N) is 1. The molecule has 0 aliphatic heterocycles. The molecule has 1 atom stereocenters. The minimum Gasteiger partial charge on any atom is -0.475 e. The highest BCUT2D eigenvalue weighted by Gasteiger charge is 2.20. The van der Waals surface area contributed by atoms with Gasteiger partial charge in [-0.1, -0.05) is 18.2 Å². The predicted octanol–water partition coefficient (Wildman–Crippen LogP) is 3.01. The second-order valence-electron chi connectivity index (χ2n) is 5.56. The van der Waals surface area contributed by atoms with Crippen molar-refractivity contribution in [3.63, 3.8) is 0 Å². The Hall–Kier alpha value is -2.47. The molecule has 0 aliphatic rings. The van der Waals surface area contributed by atoms with Crippen LogP contribution in [0.1, 0.15) is 31.0 Å². The number of carbonyl (C=O) groups excluding carboxylic acids is 1. The van der Waals surface area contributed by atoms with E-state index in [1.54, 1.807) is 24.4 Å². The first-order valence-electron chi connectivity index (χ1n) is 7.68. The standard InChI is InChI=1S/C18H21FN2O3/c1-12(2)24-16-9-4-13(10-20-16)11-21-17(18(22)23-3)14-5-7-15(19)8-6-14/h4-10,12,17,21H,11H2,1-3H3/t17-/m1/s1. The number of ether oxygens (including phenoxy) is 2. The number of pyridine rings is 1. The monoisotopic (exact) mass is 332 g/mol. The van der Waals surface area contributed by atoms with Gasteiger partial charge in [0.2, 0.25) is 5.88 Å². The molecular weight excluding hydrogens is 311 g/mol. The maximum absolute atomic E-state index is 13.1. The molecule has 1 aromatic carbocycles. The van der Waals surface area contributed by atoms with Crippen molar-refractivity contribution >= 4 is 5.97 Å². The van der Waals surface area contributed by atoms with Crippen LogP contribution in [0.2, 0.25) is 0 Å². The lowest BCUT2D eigenvalue weighted by Gasteiger charge is -2.17. The average Bonchev–Trinajstić information content (AvgIpc) is 2.57. The number of methoxy groups -OCH3 is 1. The van der Waals surface area contributed by atoms with Crippen molar-refractivity contribution in [1.82, 2.24) is 10.3 Å². The van der Waals surface area contributed by atoms with Crippen molar-refractivity contribution in [3.8, 4) is 5.88 Å². The molecule has 2 rings (SSSR count). The number of aromatic nitrogens is 1. The van der Waals surface area contributed by atoms with E-state index >= 15 is 0 Å². The summed E-state index contributed by atoms with van der Waals surface area (Å²) in [5.41, 5.74) is 1.53. The van der Waals surface area contributed by atoms with Gasteiger partial charge in [-0.15, -0.1) is 0 Å². The van der Waals surface area contributed by atoms with Crippen LogP contribution >= 0.6 is 0 Å². The molecule has 0 spiro atoms. The van der Waals surface area contributed by atoms with E-state index in [1.807, 2.05) is 19.9 Å². The molecule has 0 unspecified atom stereocenters. The normalized spacial score (nSPS) is 12.0. The fraction of sp³-hybridized carbons (Fsp3) is 0.333. The number of hydrogen-bond donors (Lipinski definition) is 1. The molecule has 0 amide bonds. The highest BCUT2D eigenvalue weighted by atomic mass is 19.1. The van der Waals surface area contributed by atoms with E-state index in [0.29, 0.717) is 18.0 Å². The van der Waals surface area contributed by atoms with E-state index in [9.17, 15) is 9.18 Å². The van der Waals surface area contributed by atoms with Gasteiger partial charge in [0.05, 0.1) is 13.2 Å². The summed E-state index contributed by atoms with van der Waals surface area (Å²) in [6.07, 6.45) is 1.74. The smallest absolute Gasteiger partial charge is 0.327 e. The van der Waals surface area contributed by atoms with Gasteiger partial charge in [0, 0.05) is 18.8 Å². The minimum atomic E-state index is -0.679. The van der Waals surface area contributed by atoms with Gasteiger partial charge >= 0.3 is 5.97 Å². The van der Waals surface area contributed by atoms with Crippen LogP contribution in [-0.4, -0.2) is 24.2 Å². The molecule has 5 nitrogen and oxygen atoms in total. The zero-order valence-corrected chi connectivity index (χ0v) is 14.0. The van der Waals surface area contributed by atoms with Crippen molar-refractivity contribution in [1.29, 1.82) is 0 Å². The summed E-state index contributed by atoms with van der Waals surface area (Å²) in [7, 11) is 1.32. The van der Waals surface area contributed by atoms with Crippen LogP contribution < -0.4 is 10.1 Å². The van der Waals surface area contributed by atoms with Crippen LogP contribution in [0.4, 0.5) is 4.39 Å². The molecule has 0 saturated carbocycles. The van der Waals surface area contributed by atoms with Gasteiger partial charge in [-0.3, -0.25) is 5.32 Å². The van der Waals surface area contributed by atoms with E-state index in [2.05, 4.69) is 10.3 Å². The van der Waals surface area contributed by atoms with Crippen LogP contribution in [-0.2, 0) is 16.1 Å². The third-order valence-electron chi connectivity index (χ3n) is 3.30. The van der Waals surface area contributed by atoms with Crippen molar-refractivity contribution in [3.05, 3.63) is 59.5 Å². The van der Waals surface area contributed by atoms with Gasteiger partial charge in [0.25, 0.3) is 0 Å². The molecule has 0 bridgehead atoms. The summed E-state index contributed by atoms with van der Waals surface area (Å²) in [6, 6.07) is 8.71. The lowest BCUT2D eigenvalue weighted by molar-refractivity contribution is -0.143. The number of carbonyl (C=O) groups is 1. The van der Waals surface area contributed by atoms with Crippen LogP contribution in [0.3, 0.4) is 0 Å². The first-order chi connectivity index (χ1) is 11.5. The highest BCUT2D eigenvalue weighted by molar-refractivity contribution is 5.77. The fourth-order valence-corrected chi connectivity index (χ4v) is 2.16. The largest absolute Gasteiger partial charge is 0.475 e. The minimum absolute atomic E-state index is 0.0589. The first-order valence-corrected chi connectivity index (χ1v) is 7.68. The van der Waals surface area contributed by atoms with Crippen molar-refractivity contribution in [2.45, 2.75) is 32.5 Å². The topological polar surface area (TPSA) is 60.5 Å².